The lowest BCUT2D eigenvalue weighted by molar-refractivity contribution is 0.0321. The second kappa shape index (κ2) is 5.35. The third-order valence-corrected chi connectivity index (χ3v) is 5.08. The minimum absolute atomic E-state index is 0.174. The zero-order valence-electron chi connectivity index (χ0n) is 13.0. The molecule has 0 bridgehead atoms. The molecule has 2 heteroatoms. The Bertz CT molecular complexity index is 665. The van der Waals surface area contributed by atoms with Crippen LogP contribution in [-0.2, 0) is 5.60 Å². The van der Waals surface area contributed by atoms with Gasteiger partial charge in [-0.1, -0.05) is 36.8 Å². The summed E-state index contributed by atoms with van der Waals surface area (Å²) in [6.07, 6.45) is 4.80. The standard InChI is InChI=1S/C20H22O2/c1-2-21-16-11-12-19-17(14-16)18-10-6-7-13-20(18,22-19)15-8-4-3-5-9-15/h3-5,8-9,11-12,14,18H,2,6-7,10,13H2,1H3/t18-,20+/m0/s1. The molecule has 1 aliphatic carbocycles. The highest BCUT2D eigenvalue weighted by Crippen LogP contribution is 2.57. The molecule has 2 aliphatic rings. The molecule has 1 saturated carbocycles. The molecule has 114 valence electrons. The summed E-state index contributed by atoms with van der Waals surface area (Å²) in [6.45, 7) is 2.73. The molecule has 0 aromatic heterocycles. The Hall–Kier alpha value is -1.96. The topological polar surface area (TPSA) is 18.5 Å². The van der Waals surface area contributed by atoms with Crippen LogP contribution in [0.3, 0.4) is 0 Å². The first-order chi connectivity index (χ1) is 10.8. The summed E-state index contributed by atoms with van der Waals surface area (Å²) in [6, 6.07) is 17.1. The Balaban J connectivity index is 1.80. The van der Waals surface area contributed by atoms with Crippen LogP contribution in [0.25, 0.3) is 0 Å². The van der Waals surface area contributed by atoms with Gasteiger partial charge in [0.05, 0.1) is 6.61 Å². The van der Waals surface area contributed by atoms with Gasteiger partial charge in [0.2, 0.25) is 0 Å². The van der Waals surface area contributed by atoms with Gasteiger partial charge in [0.15, 0.2) is 0 Å². The molecule has 1 fully saturated rings. The number of ether oxygens (including phenoxy) is 2. The molecule has 4 rings (SSSR count). The minimum Gasteiger partial charge on any atom is -0.494 e. The smallest absolute Gasteiger partial charge is 0.141 e. The summed E-state index contributed by atoms with van der Waals surface area (Å²) >= 11 is 0. The van der Waals surface area contributed by atoms with E-state index in [2.05, 4.69) is 42.5 Å². The Morgan fingerprint density at radius 3 is 2.82 bits per heavy atom. The van der Waals surface area contributed by atoms with Gasteiger partial charge >= 0.3 is 0 Å². The SMILES string of the molecule is CCOc1ccc2c(c1)[C@@H]1CCCC[C@]1(c1ccccc1)O2. The van der Waals surface area contributed by atoms with Crippen molar-refractivity contribution in [2.75, 3.05) is 6.61 Å². The highest BCUT2D eigenvalue weighted by atomic mass is 16.5. The van der Waals surface area contributed by atoms with Crippen molar-refractivity contribution in [3.05, 3.63) is 59.7 Å². The van der Waals surface area contributed by atoms with Gasteiger partial charge in [0, 0.05) is 11.5 Å². The molecule has 2 aromatic carbocycles. The molecule has 0 unspecified atom stereocenters. The molecule has 0 N–H and O–H groups in total. The molecule has 1 heterocycles. The lowest BCUT2D eigenvalue weighted by atomic mass is 9.70. The van der Waals surface area contributed by atoms with Crippen molar-refractivity contribution in [3.63, 3.8) is 0 Å². The molecule has 2 aromatic rings. The van der Waals surface area contributed by atoms with Crippen LogP contribution in [0.2, 0.25) is 0 Å². The second-order valence-corrected chi connectivity index (χ2v) is 6.29. The van der Waals surface area contributed by atoms with Gasteiger partial charge < -0.3 is 9.47 Å². The largest absolute Gasteiger partial charge is 0.494 e. The molecule has 0 spiro atoms. The van der Waals surface area contributed by atoms with Crippen LogP contribution in [0.4, 0.5) is 0 Å². The quantitative estimate of drug-likeness (QED) is 0.790. The van der Waals surface area contributed by atoms with E-state index in [-0.39, 0.29) is 5.60 Å². The Kier molecular flexibility index (Phi) is 3.33. The predicted molar refractivity (Wildman–Crippen MR) is 87.6 cm³/mol. The summed E-state index contributed by atoms with van der Waals surface area (Å²) in [5, 5.41) is 0. The van der Waals surface area contributed by atoms with Gasteiger partial charge in [-0.2, -0.15) is 0 Å². The van der Waals surface area contributed by atoms with Crippen molar-refractivity contribution in [1.82, 2.24) is 0 Å². The van der Waals surface area contributed by atoms with Crippen LogP contribution in [0, 0.1) is 0 Å². The molecule has 1 aliphatic heterocycles. The fraction of sp³-hybridized carbons (Fsp3) is 0.400. The van der Waals surface area contributed by atoms with Gasteiger partial charge in [0.1, 0.15) is 17.1 Å². The van der Waals surface area contributed by atoms with E-state index in [0.717, 1.165) is 17.9 Å². The Morgan fingerprint density at radius 1 is 1.14 bits per heavy atom. The number of fused-ring (bicyclic) bond motifs is 3. The van der Waals surface area contributed by atoms with Crippen molar-refractivity contribution in [3.8, 4) is 11.5 Å². The highest BCUT2D eigenvalue weighted by molar-refractivity contribution is 5.50. The van der Waals surface area contributed by atoms with Gasteiger partial charge in [-0.25, -0.2) is 0 Å². The number of hydrogen-bond donors (Lipinski definition) is 0. The molecule has 22 heavy (non-hydrogen) atoms. The van der Waals surface area contributed by atoms with E-state index in [1.807, 2.05) is 13.0 Å². The lowest BCUT2D eigenvalue weighted by Gasteiger charge is -2.38. The summed E-state index contributed by atoms with van der Waals surface area (Å²) in [5.74, 6) is 2.44. The van der Waals surface area contributed by atoms with Crippen LogP contribution < -0.4 is 9.47 Å². The molecule has 0 amide bonds. The predicted octanol–water partition coefficient (Wildman–Crippen LogP) is 5.03. The van der Waals surface area contributed by atoms with Gasteiger partial charge in [-0.15, -0.1) is 0 Å². The third-order valence-electron chi connectivity index (χ3n) is 5.08. The van der Waals surface area contributed by atoms with E-state index in [9.17, 15) is 0 Å². The summed E-state index contributed by atoms with van der Waals surface area (Å²) in [7, 11) is 0. The molecule has 2 atom stereocenters. The van der Waals surface area contributed by atoms with E-state index >= 15 is 0 Å². The average Bonchev–Trinajstić information content (AvgIpc) is 2.91. The summed E-state index contributed by atoms with van der Waals surface area (Å²) in [5.41, 5.74) is 2.47. The minimum atomic E-state index is -0.174. The van der Waals surface area contributed by atoms with Gasteiger partial charge in [0.25, 0.3) is 0 Å². The number of hydrogen-bond acceptors (Lipinski definition) is 2. The number of rotatable bonds is 3. The van der Waals surface area contributed by atoms with E-state index in [0.29, 0.717) is 12.5 Å². The van der Waals surface area contributed by atoms with E-state index in [1.54, 1.807) is 0 Å². The first kappa shape index (κ1) is 13.7. The zero-order chi connectivity index (χ0) is 15.0. The van der Waals surface area contributed by atoms with Crippen molar-refractivity contribution >= 4 is 0 Å². The van der Waals surface area contributed by atoms with Crippen LogP contribution in [-0.4, -0.2) is 6.61 Å². The fourth-order valence-corrected chi connectivity index (χ4v) is 4.14. The van der Waals surface area contributed by atoms with Crippen molar-refractivity contribution in [2.24, 2.45) is 0 Å². The fourth-order valence-electron chi connectivity index (χ4n) is 4.14. The normalized spacial score (nSPS) is 26.0. The van der Waals surface area contributed by atoms with Crippen LogP contribution >= 0.6 is 0 Å². The van der Waals surface area contributed by atoms with E-state index < -0.39 is 0 Å². The summed E-state index contributed by atoms with van der Waals surface area (Å²) < 4.78 is 12.3. The molecule has 2 nitrogen and oxygen atoms in total. The average molecular weight is 294 g/mol. The maximum Gasteiger partial charge on any atom is 0.141 e. The zero-order valence-corrected chi connectivity index (χ0v) is 13.0. The van der Waals surface area contributed by atoms with E-state index in [4.69, 9.17) is 9.47 Å². The summed E-state index contributed by atoms with van der Waals surface area (Å²) in [4.78, 5) is 0. The van der Waals surface area contributed by atoms with Gasteiger partial charge in [-0.05, 0) is 49.9 Å². The van der Waals surface area contributed by atoms with Gasteiger partial charge in [-0.3, -0.25) is 0 Å². The Labute approximate surface area is 132 Å². The van der Waals surface area contributed by atoms with Crippen LogP contribution in [0.5, 0.6) is 11.5 Å². The van der Waals surface area contributed by atoms with Crippen molar-refractivity contribution < 1.29 is 9.47 Å². The molecule has 0 saturated heterocycles. The van der Waals surface area contributed by atoms with Crippen LogP contribution in [0.1, 0.15) is 49.7 Å². The third kappa shape index (κ3) is 2.01. The van der Waals surface area contributed by atoms with Crippen molar-refractivity contribution in [1.29, 1.82) is 0 Å². The molecular weight excluding hydrogens is 272 g/mol. The Morgan fingerprint density at radius 2 is 2.00 bits per heavy atom. The first-order valence-electron chi connectivity index (χ1n) is 8.35. The molecule has 0 radical (unpaired) electrons. The van der Waals surface area contributed by atoms with Crippen molar-refractivity contribution in [2.45, 2.75) is 44.1 Å². The monoisotopic (exact) mass is 294 g/mol. The maximum absolute atomic E-state index is 6.56. The number of benzene rings is 2. The second-order valence-electron chi connectivity index (χ2n) is 6.29. The van der Waals surface area contributed by atoms with E-state index in [1.165, 1.54) is 30.4 Å². The molecular formula is C20H22O2. The van der Waals surface area contributed by atoms with Crippen LogP contribution in [0.15, 0.2) is 48.5 Å². The first-order valence-corrected chi connectivity index (χ1v) is 8.35. The highest BCUT2D eigenvalue weighted by Gasteiger charge is 2.50. The maximum atomic E-state index is 6.56. The lowest BCUT2D eigenvalue weighted by Crippen LogP contribution is -2.37.